The third-order valence-corrected chi connectivity index (χ3v) is 3.86. The van der Waals surface area contributed by atoms with Gasteiger partial charge >= 0.3 is 0 Å². The Kier molecular flexibility index (Phi) is 2.77. The summed E-state index contributed by atoms with van der Waals surface area (Å²) < 4.78 is 5.09. The molecule has 0 aliphatic heterocycles. The average Bonchev–Trinajstić information content (AvgIpc) is 2.93. The molecular formula is C12H11Cl2NO. The van der Waals surface area contributed by atoms with Gasteiger partial charge in [-0.3, -0.25) is 0 Å². The summed E-state index contributed by atoms with van der Waals surface area (Å²) in [5, 5.41) is 10.1. The summed E-state index contributed by atoms with van der Waals surface area (Å²) >= 11 is 12.2. The second kappa shape index (κ2) is 3.84. The van der Waals surface area contributed by atoms with Gasteiger partial charge in [0.15, 0.2) is 0 Å². The van der Waals surface area contributed by atoms with E-state index in [0.717, 1.165) is 12.0 Å². The van der Waals surface area contributed by atoms with E-state index in [-0.39, 0.29) is 11.3 Å². The maximum absolute atomic E-state index is 8.91. The summed E-state index contributed by atoms with van der Waals surface area (Å²) in [6.07, 6.45) is 0.839. The van der Waals surface area contributed by atoms with Crippen molar-refractivity contribution in [3.8, 4) is 11.8 Å². The standard InChI is InChI=1S/C12H11Cl2NO/c1-12(5-7(12)6-15)8-3-10(14)11(16-2)4-9(8)13/h3-4,7H,5H2,1-2H3. The molecular weight excluding hydrogens is 245 g/mol. The SMILES string of the molecule is COc1cc(Cl)c(C2(C)CC2C#N)cc1Cl. The van der Waals surface area contributed by atoms with Gasteiger partial charge in [-0.05, 0) is 18.1 Å². The van der Waals surface area contributed by atoms with Crippen molar-refractivity contribution < 1.29 is 4.74 Å². The normalized spacial score (nSPS) is 27.3. The Morgan fingerprint density at radius 1 is 1.44 bits per heavy atom. The van der Waals surface area contributed by atoms with Crippen LogP contribution >= 0.6 is 23.2 Å². The minimum atomic E-state index is -0.151. The van der Waals surface area contributed by atoms with Crippen LogP contribution in [0.1, 0.15) is 18.9 Å². The third-order valence-electron chi connectivity index (χ3n) is 3.25. The van der Waals surface area contributed by atoms with E-state index in [1.165, 1.54) is 0 Å². The van der Waals surface area contributed by atoms with Crippen LogP contribution in [0.5, 0.6) is 5.75 Å². The highest BCUT2D eigenvalue weighted by atomic mass is 35.5. The number of nitriles is 1. The van der Waals surface area contributed by atoms with Crippen LogP contribution in [0.15, 0.2) is 12.1 Å². The molecule has 1 aromatic rings. The van der Waals surface area contributed by atoms with E-state index in [9.17, 15) is 0 Å². The van der Waals surface area contributed by atoms with Crippen molar-refractivity contribution in [3.05, 3.63) is 27.7 Å². The van der Waals surface area contributed by atoms with Crippen molar-refractivity contribution in [2.45, 2.75) is 18.8 Å². The maximum Gasteiger partial charge on any atom is 0.138 e. The van der Waals surface area contributed by atoms with E-state index in [4.69, 9.17) is 33.2 Å². The molecule has 84 valence electrons. The van der Waals surface area contributed by atoms with Gasteiger partial charge in [0, 0.05) is 16.5 Å². The van der Waals surface area contributed by atoms with Crippen LogP contribution in [0, 0.1) is 17.2 Å². The Labute approximate surface area is 105 Å². The van der Waals surface area contributed by atoms with Crippen LogP contribution in [0.4, 0.5) is 0 Å². The first-order chi connectivity index (χ1) is 7.52. The Hall–Kier alpha value is -0.910. The molecule has 2 rings (SSSR count). The first-order valence-electron chi connectivity index (χ1n) is 4.96. The Morgan fingerprint density at radius 2 is 2.12 bits per heavy atom. The predicted octanol–water partition coefficient (Wildman–Crippen LogP) is 3.80. The van der Waals surface area contributed by atoms with Crippen LogP contribution in [0.2, 0.25) is 10.0 Å². The highest BCUT2D eigenvalue weighted by Gasteiger charge is 2.52. The van der Waals surface area contributed by atoms with Gasteiger partial charge in [-0.25, -0.2) is 0 Å². The summed E-state index contributed by atoms with van der Waals surface area (Å²) in [6, 6.07) is 5.78. The Morgan fingerprint density at radius 3 is 2.62 bits per heavy atom. The summed E-state index contributed by atoms with van der Waals surface area (Å²) in [4.78, 5) is 0. The van der Waals surface area contributed by atoms with Gasteiger partial charge in [0.25, 0.3) is 0 Å². The van der Waals surface area contributed by atoms with E-state index < -0.39 is 0 Å². The molecule has 2 unspecified atom stereocenters. The predicted molar refractivity (Wildman–Crippen MR) is 64.1 cm³/mol. The van der Waals surface area contributed by atoms with Gasteiger partial charge < -0.3 is 4.74 Å². The second-order valence-corrected chi connectivity index (χ2v) is 5.08. The molecule has 0 spiro atoms. The second-order valence-electron chi connectivity index (χ2n) is 4.27. The first-order valence-corrected chi connectivity index (χ1v) is 5.71. The van der Waals surface area contributed by atoms with Crippen LogP contribution in [0.3, 0.4) is 0 Å². The van der Waals surface area contributed by atoms with Gasteiger partial charge in [-0.1, -0.05) is 30.1 Å². The van der Waals surface area contributed by atoms with Gasteiger partial charge in [-0.15, -0.1) is 0 Å². The molecule has 0 bridgehead atoms. The van der Waals surface area contributed by atoms with Gasteiger partial charge in [0.2, 0.25) is 0 Å². The van der Waals surface area contributed by atoms with Crippen LogP contribution in [0.25, 0.3) is 0 Å². The molecule has 1 aromatic carbocycles. The van der Waals surface area contributed by atoms with E-state index in [0.29, 0.717) is 15.8 Å². The fourth-order valence-corrected chi connectivity index (χ4v) is 2.58. The lowest BCUT2D eigenvalue weighted by Gasteiger charge is -2.14. The molecule has 0 N–H and O–H groups in total. The van der Waals surface area contributed by atoms with E-state index in [2.05, 4.69) is 6.07 Å². The minimum absolute atomic E-state index is 0.0365. The summed E-state index contributed by atoms with van der Waals surface area (Å²) in [7, 11) is 1.55. The molecule has 1 fully saturated rings. The fourth-order valence-electron chi connectivity index (χ4n) is 1.97. The van der Waals surface area contributed by atoms with Crippen molar-refractivity contribution in [3.63, 3.8) is 0 Å². The van der Waals surface area contributed by atoms with Gasteiger partial charge in [0.1, 0.15) is 5.75 Å². The van der Waals surface area contributed by atoms with E-state index in [1.54, 1.807) is 19.2 Å². The highest BCUT2D eigenvalue weighted by molar-refractivity contribution is 6.34. The molecule has 0 saturated heterocycles. The molecule has 1 aliphatic carbocycles. The third kappa shape index (κ3) is 1.65. The number of benzene rings is 1. The van der Waals surface area contributed by atoms with Crippen molar-refractivity contribution in [2.24, 2.45) is 5.92 Å². The van der Waals surface area contributed by atoms with Crippen molar-refractivity contribution in [1.82, 2.24) is 0 Å². The lowest BCUT2D eigenvalue weighted by Crippen LogP contribution is -2.05. The monoisotopic (exact) mass is 255 g/mol. The van der Waals surface area contributed by atoms with Gasteiger partial charge in [0.05, 0.1) is 24.1 Å². The number of halogens is 2. The number of hydrogen-bond acceptors (Lipinski definition) is 2. The van der Waals surface area contributed by atoms with Crippen LogP contribution in [-0.2, 0) is 5.41 Å². The minimum Gasteiger partial charge on any atom is -0.495 e. The van der Waals surface area contributed by atoms with Crippen molar-refractivity contribution >= 4 is 23.2 Å². The molecule has 0 radical (unpaired) electrons. The zero-order chi connectivity index (χ0) is 11.9. The first kappa shape index (κ1) is 11.6. The molecule has 0 heterocycles. The highest BCUT2D eigenvalue weighted by Crippen LogP contribution is 2.56. The number of hydrogen-bond donors (Lipinski definition) is 0. The largest absolute Gasteiger partial charge is 0.495 e. The topological polar surface area (TPSA) is 33.0 Å². The number of ether oxygens (including phenoxy) is 1. The lowest BCUT2D eigenvalue weighted by molar-refractivity contribution is 0.414. The molecule has 4 heteroatoms. The summed E-state index contributed by atoms with van der Waals surface area (Å²) in [6.45, 7) is 2.03. The van der Waals surface area contributed by atoms with E-state index in [1.807, 2.05) is 6.92 Å². The number of rotatable bonds is 2. The molecule has 0 amide bonds. The average molecular weight is 256 g/mol. The number of methoxy groups -OCH3 is 1. The zero-order valence-corrected chi connectivity index (χ0v) is 10.6. The lowest BCUT2D eigenvalue weighted by atomic mass is 9.95. The molecule has 2 nitrogen and oxygen atoms in total. The van der Waals surface area contributed by atoms with Gasteiger partial charge in [-0.2, -0.15) is 5.26 Å². The quantitative estimate of drug-likeness (QED) is 0.806. The van der Waals surface area contributed by atoms with Crippen molar-refractivity contribution in [1.29, 1.82) is 5.26 Å². The van der Waals surface area contributed by atoms with Crippen molar-refractivity contribution in [2.75, 3.05) is 7.11 Å². The molecule has 1 aliphatic rings. The molecule has 2 atom stereocenters. The maximum atomic E-state index is 8.91. The molecule has 1 saturated carbocycles. The fraction of sp³-hybridized carbons (Fsp3) is 0.417. The molecule has 0 aromatic heterocycles. The van der Waals surface area contributed by atoms with Crippen LogP contribution < -0.4 is 4.74 Å². The Bertz CT molecular complexity index is 481. The van der Waals surface area contributed by atoms with Crippen LogP contribution in [-0.4, -0.2) is 7.11 Å². The van der Waals surface area contributed by atoms with E-state index >= 15 is 0 Å². The molecule has 16 heavy (non-hydrogen) atoms. The summed E-state index contributed by atoms with van der Waals surface area (Å²) in [5.74, 6) is 0.600. The number of nitrogens with zero attached hydrogens (tertiary/aromatic N) is 1. The zero-order valence-electron chi connectivity index (χ0n) is 9.05. The Balaban J connectivity index is 2.45. The summed E-state index contributed by atoms with van der Waals surface area (Å²) in [5.41, 5.74) is 0.786. The smallest absolute Gasteiger partial charge is 0.138 e.